The maximum absolute atomic E-state index is 12.4. The SMILES string of the molecule is CCCCCCCC/C=C\CCCCCCCC(=O)OCCCCCCCCCCCCCCCCCCCCCCCCCCCCCCCCC(=O)NC(CO)C(O)CCCCCCCCCCC. The van der Waals surface area contributed by atoms with Crippen molar-refractivity contribution in [3.8, 4) is 0 Å². The molecule has 0 fully saturated rings. The Morgan fingerprint density at radius 3 is 1.00 bits per heavy atom. The summed E-state index contributed by atoms with van der Waals surface area (Å²) in [5.74, 6) is -0.0192. The van der Waals surface area contributed by atoms with Crippen LogP contribution in [0.1, 0.15) is 367 Å². The summed E-state index contributed by atoms with van der Waals surface area (Å²) in [6.45, 7) is 4.95. The molecule has 2 atom stereocenters. The molecule has 0 aromatic rings. The van der Waals surface area contributed by atoms with E-state index in [-0.39, 0.29) is 18.5 Å². The number of amides is 1. The topological polar surface area (TPSA) is 95.9 Å². The number of hydrogen-bond acceptors (Lipinski definition) is 5. The maximum Gasteiger partial charge on any atom is 0.305 e. The molecule has 0 spiro atoms. The highest BCUT2D eigenvalue weighted by molar-refractivity contribution is 5.76. The number of rotatable bonds is 61. The van der Waals surface area contributed by atoms with Crippen LogP contribution in [0.4, 0.5) is 0 Å². The summed E-state index contributed by atoms with van der Waals surface area (Å²) in [5.41, 5.74) is 0. The second-order valence-electron chi connectivity index (χ2n) is 22.5. The molecule has 6 nitrogen and oxygen atoms in total. The first-order valence-corrected chi connectivity index (χ1v) is 32.4. The molecule has 0 saturated carbocycles. The third-order valence-electron chi connectivity index (χ3n) is 15.3. The number of allylic oxidation sites excluding steroid dienone is 2. The van der Waals surface area contributed by atoms with Gasteiger partial charge in [-0.2, -0.15) is 0 Å². The molecular weight excluding hydrogens is 875 g/mol. The van der Waals surface area contributed by atoms with E-state index in [1.807, 2.05) is 0 Å². The minimum absolute atomic E-state index is 0.0126. The van der Waals surface area contributed by atoms with Gasteiger partial charge >= 0.3 is 5.97 Å². The zero-order chi connectivity index (χ0) is 51.4. The van der Waals surface area contributed by atoms with Gasteiger partial charge in [0.25, 0.3) is 0 Å². The number of nitrogens with one attached hydrogen (secondary N) is 1. The monoisotopic (exact) mass is 1000 g/mol. The van der Waals surface area contributed by atoms with Crippen molar-refractivity contribution < 1.29 is 24.5 Å². The lowest BCUT2D eigenvalue weighted by molar-refractivity contribution is -0.143. The molecule has 0 aromatic heterocycles. The third-order valence-corrected chi connectivity index (χ3v) is 15.3. The Hall–Kier alpha value is -1.40. The van der Waals surface area contributed by atoms with Gasteiger partial charge in [0, 0.05) is 12.8 Å². The first-order chi connectivity index (χ1) is 35.0. The zero-order valence-corrected chi connectivity index (χ0v) is 48.2. The largest absolute Gasteiger partial charge is 0.466 e. The van der Waals surface area contributed by atoms with Crippen molar-refractivity contribution in [2.24, 2.45) is 0 Å². The molecule has 0 saturated heterocycles. The number of unbranched alkanes of at least 4 members (excludes halogenated alkanes) is 48. The molecule has 422 valence electrons. The highest BCUT2D eigenvalue weighted by Gasteiger charge is 2.20. The molecule has 0 bridgehead atoms. The normalized spacial score (nSPS) is 12.6. The molecule has 0 radical (unpaired) electrons. The smallest absolute Gasteiger partial charge is 0.305 e. The van der Waals surface area contributed by atoms with Crippen molar-refractivity contribution in [2.45, 2.75) is 379 Å². The Bertz CT molecular complexity index is 1060. The number of aliphatic hydroxyl groups excluding tert-OH is 2. The van der Waals surface area contributed by atoms with Crippen LogP contribution in [-0.4, -0.2) is 47.4 Å². The third kappa shape index (κ3) is 57.7. The number of carbonyl (C=O) groups is 2. The van der Waals surface area contributed by atoms with E-state index in [1.54, 1.807) is 0 Å². The fraction of sp³-hybridized carbons (Fsp3) is 0.938. The Morgan fingerprint density at radius 2 is 0.662 bits per heavy atom. The van der Waals surface area contributed by atoms with Crippen LogP contribution in [0.25, 0.3) is 0 Å². The van der Waals surface area contributed by atoms with Crippen molar-refractivity contribution in [3.63, 3.8) is 0 Å². The van der Waals surface area contributed by atoms with Crippen LogP contribution in [-0.2, 0) is 14.3 Å². The van der Waals surface area contributed by atoms with Gasteiger partial charge in [0.2, 0.25) is 5.91 Å². The van der Waals surface area contributed by atoms with Gasteiger partial charge in [-0.3, -0.25) is 9.59 Å². The minimum atomic E-state index is -0.658. The molecule has 0 aliphatic rings. The van der Waals surface area contributed by atoms with Crippen molar-refractivity contribution >= 4 is 11.9 Å². The summed E-state index contributed by atoms with van der Waals surface area (Å²) in [6.07, 6.45) is 74.0. The highest BCUT2D eigenvalue weighted by Crippen LogP contribution is 2.18. The zero-order valence-electron chi connectivity index (χ0n) is 48.2. The molecule has 3 N–H and O–H groups in total. The van der Waals surface area contributed by atoms with Crippen LogP contribution in [0, 0.1) is 0 Å². The van der Waals surface area contributed by atoms with Gasteiger partial charge in [-0.25, -0.2) is 0 Å². The first-order valence-electron chi connectivity index (χ1n) is 32.4. The fourth-order valence-corrected chi connectivity index (χ4v) is 10.3. The van der Waals surface area contributed by atoms with Crippen molar-refractivity contribution in [3.05, 3.63) is 12.2 Å². The summed E-state index contributed by atoms with van der Waals surface area (Å²) in [6, 6.07) is -0.535. The molecule has 0 heterocycles. The number of esters is 1. The number of hydrogen-bond donors (Lipinski definition) is 3. The molecule has 1 amide bonds. The van der Waals surface area contributed by atoms with Gasteiger partial charge in [-0.15, -0.1) is 0 Å². The van der Waals surface area contributed by atoms with Crippen molar-refractivity contribution in [1.29, 1.82) is 0 Å². The van der Waals surface area contributed by atoms with Crippen LogP contribution in [0.5, 0.6) is 0 Å². The first kappa shape index (κ1) is 69.6. The standard InChI is InChI=1S/C65H127NO5/c1-3-5-7-9-11-13-14-15-32-36-39-43-47-51-55-59-65(70)71-60-56-52-48-44-40-37-34-31-29-27-25-23-21-19-17-16-18-20-22-24-26-28-30-33-35-38-42-46-50-54-58-64(69)66-62(61-67)63(68)57-53-49-45-41-12-10-8-6-4-2/h15,32,62-63,67-68H,3-14,16-31,33-61H2,1-2H3,(H,66,69)/b32-15-. The minimum Gasteiger partial charge on any atom is -0.466 e. The van der Waals surface area contributed by atoms with E-state index in [2.05, 4.69) is 31.3 Å². The average Bonchev–Trinajstić information content (AvgIpc) is 3.37. The average molecular weight is 1000 g/mol. The molecule has 0 aliphatic carbocycles. The van der Waals surface area contributed by atoms with E-state index in [1.165, 1.54) is 289 Å². The number of carbonyl (C=O) groups excluding carboxylic acids is 2. The van der Waals surface area contributed by atoms with Crippen LogP contribution in [0.3, 0.4) is 0 Å². The van der Waals surface area contributed by atoms with Gasteiger partial charge in [0.05, 0.1) is 25.4 Å². The van der Waals surface area contributed by atoms with Crippen molar-refractivity contribution in [2.75, 3.05) is 13.2 Å². The predicted octanol–water partition coefficient (Wildman–Crippen LogP) is 20.4. The second-order valence-corrected chi connectivity index (χ2v) is 22.5. The van der Waals surface area contributed by atoms with E-state index in [9.17, 15) is 19.8 Å². The summed E-state index contributed by atoms with van der Waals surface area (Å²) >= 11 is 0. The van der Waals surface area contributed by atoms with Crippen LogP contribution in [0.15, 0.2) is 12.2 Å². The molecule has 2 unspecified atom stereocenters. The van der Waals surface area contributed by atoms with Gasteiger partial charge in [0.15, 0.2) is 0 Å². The van der Waals surface area contributed by atoms with Gasteiger partial charge < -0.3 is 20.3 Å². The Labute approximate surface area is 444 Å². The quantitative estimate of drug-likeness (QED) is 0.0320. The van der Waals surface area contributed by atoms with Crippen LogP contribution in [0.2, 0.25) is 0 Å². The molecule has 71 heavy (non-hydrogen) atoms. The van der Waals surface area contributed by atoms with Gasteiger partial charge in [-0.1, -0.05) is 315 Å². The van der Waals surface area contributed by atoms with Gasteiger partial charge in [0.1, 0.15) is 0 Å². The molecular formula is C65H127NO5. The molecule has 6 heteroatoms. The second kappa shape index (κ2) is 61.1. The Balaban J connectivity index is 3.29. The predicted molar refractivity (Wildman–Crippen MR) is 310 cm³/mol. The van der Waals surface area contributed by atoms with E-state index in [4.69, 9.17) is 4.74 Å². The van der Waals surface area contributed by atoms with E-state index < -0.39 is 12.1 Å². The summed E-state index contributed by atoms with van der Waals surface area (Å²) in [4.78, 5) is 24.5. The number of aliphatic hydroxyl groups is 2. The van der Waals surface area contributed by atoms with E-state index in [0.717, 1.165) is 44.9 Å². The summed E-state index contributed by atoms with van der Waals surface area (Å²) < 4.78 is 5.49. The molecule has 0 aliphatic heterocycles. The van der Waals surface area contributed by atoms with Crippen molar-refractivity contribution in [1.82, 2.24) is 5.32 Å². The highest BCUT2D eigenvalue weighted by atomic mass is 16.5. The van der Waals surface area contributed by atoms with Crippen LogP contribution < -0.4 is 5.32 Å². The molecule has 0 aromatic carbocycles. The lowest BCUT2D eigenvalue weighted by Gasteiger charge is -2.22. The Morgan fingerprint density at radius 1 is 0.380 bits per heavy atom. The van der Waals surface area contributed by atoms with Crippen LogP contribution >= 0.6 is 0 Å². The maximum atomic E-state index is 12.4. The lowest BCUT2D eigenvalue weighted by Crippen LogP contribution is -2.45. The number of ether oxygens (including phenoxy) is 1. The van der Waals surface area contributed by atoms with E-state index in [0.29, 0.717) is 25.9 Å². The summed E-state index contributed by atoms with van der Waals surface area (Å²) in [7, 11) is 0. The molecule has 0 rings (SSSR count). The lowest BCUT2D eigenvalue weighted by atomic mass is 10.0. The van der Waals surface area contributed by atoms with E-state index >= 15 is 0 Å². The Kier molecular flexibility index (Phi) is 59.9. The fourth-order valence-electron chi connectivity index (χ4n) is 10.3. The van der Waals surface area contributed by atoms with Gasteiger partial charge in [-0.05, 0) is 51.4 Å². The summed E-state index contributed by atoms with van der Waals surface area (Å²) in [5, 5.41) is 23.1.